The molecule has 0 radical (unpaired) electrons. The molecule has 0 aromatic heterocycles. The number of rotatable bonds is 6. The summed E-state index contributed by atoms with van der Waals surface area (Å²) in [7, 11) is 0. The highest BCUT2D eigenvalue weighted by Crippen LogP contribution is 2.09. The first kappa shape index (κ1) is 16.9. The van der Waals surface area contributed by atoms with E-state index in [-0.39, 0.29) is 11.8 Å². The summed E-state index contributed by atoms with van der Waals surface area (Å²) in [6.07, 6.45) is 1.31. The number of hydrogen-bond acceptors (Lipinski definition) is 4. The van der Waals surface area contributed by atoms with Crippen LogP contribution in [0.4, 0.5) is 0 Å². The van der Waals surface area contributed by atoms with Gasteiger partial charge in [0.05, 0.1) is 6.54 Å². The second kappa shape index (κ2) is 7.59. The molecule has 0 bridgehead atoms. The lowest BCUT2D eigenvalue weighted by Gasteiger charge is -2.35. The van der Waals surface area contributed by atoms with Crippen molar-refractivity contribution >= 4 is 11.8 Å². The molecular weight excluding hydrogens is 256 g/mol. The van der Waals surface area contributed by atoms with Crippen LogP contribution in [0.15, 0.2) is 0 Å². The van der Waals surface area contributed by atoms with E-state index in [1.807, 2.05) is 25.7 Å². The predicted molar refractivity (Wildman–Crippen MR) is 79.2 cm³/mol. The molecule has 0 atom stereocenters. The van der Waals surface area contributed by atoms with Crippen LogP contribution in [0.25, 0.3) is 0 Å². The van der Waals surface area contributed by atoms with Crippen molar-refractivity contribution in [1.29, 1.82) is 0 Å². The second-order valence-corrected chi connectivity index (χ2v) is 6.17. The fraction of sp³-hybridized carbons (Fsp3) is 0.857. The van der Waals surface area contributed by atoms with Crippen LogP contribution < -0.4 is 11.1 Å². The molecule has 1 fully saturated rings. The Kier molecular flexibility index (Phi) is 6.42. The van der Waals surface area contributed by atoms with Gasteiger partial charge in [0.1, 0.15) is 0 Å². The van der Waals surface area contributed by atoms with Crippen LogP contribution >= 0.6 is 0 Å². The van der Waals surface area contributed by atoms with Gasteiger partial charge in [-0.1, -0.05) is 6.92 Å². The van der Waals surface area contributed by atoms with Crippen molar-refractivity contribution in [3.8, 4) is 0 Å². The maximum Gasteiger partial charge on any atom is 0.234 e. The summed E-state index contributed by atoms with van der Waals surface area (Å²) >= 11 is 0. The normalized spacial score (nSPS) is 17.1. The molecule has 116 valence electrons. The van der Waals surface area contributed by atoms with Crippen LogP contribution in [0.1, 0.15) is 33.6 Å². The number of nitrogens with zero attached hydrogens (tertiary/aromatic N) is 2. The summed E-state index contributed by atoms with van der Waals surface area (Å²) in [4.78, 5) is 27.6. The van der Waals surface area contributed by atoms with Crippen molar-refractivity contribution in [3.63, 3.8) is 0 Å². The lowest BCUT2D eigenvalue weighted by molar-refractivity contribution is -0.134. The van der Waals surface area contributed by atoms with Crippen molar-refractivity contribution in [1.82, 2.24) is 15.1 Å². The average molecular weight is 284 g/mol. The zero-order valence-electron chi connectivity index (χ0n) is 12.9. The van der Waals surface area contributed by atoms with Gasteiger partial charge < -0.3 is 16.0 Å². The molecule has 20 heavy (non-hydrogen) atoms. The van der Waals surface area contributed by atoms with Gasteiger partial charge in [0.2, 0.25) is 11.8 Å². The highest BCUT2D eigenvalue weighted by Gasteiger charge is 2.25. The fourth-order valence-corrected chi connectivity index (χ4v) is 2.18. The molecule has 1 heterocycles. The SMILES string of the molecule is CCCNC(=O)CN1CCN(C(=O)CC(C)(C)N)CC1. The first-order valence-corrected chi connectivity index (χ1v) is 7.37. The Morgan fingerprint density at radius 3 is 2.30 bits per heavy atom. The van der Waals surface area contributed by atoms with Gasteiger partial charge in [0.15, 0.2) is 0 Å². The van der Waals surface area contributed by atoms with Crippen molar-refractivity contribution in [3.05, 3.63) is 0 Å². The van der Waals surface area contributed by atoms with Gasteiger partial charge in [-0.15, -0.1) is 0 Å². The lowest BCUT2D eigenvalue weighted by Crippen LogP contribution is -2.52. The largest absolute Gasteiger partial charge is 0.355 e. The topological polar surface area (TPSA) is 78.7 Å². The zero-order valence-corrected chi connectivity index (χ0v) is 12.9. The third kappa shape index (κ3) is 6.34. The number of amides is 2. The maximum absolute atomic E-state index is 12.0. The summed E-state index contributed by atoms with van der Waals surface area (Å²) in [5, 5.41) is 2.87. The van der Waals surface area contributed by atoms with Crippen LogP contribution in [0.2, 0.25) is 0 Å². The molecule has 0 aromatic rings. The first-order chi connectivity index (χ1) is 9.31. The van der Waals surface area contributed by atoms with Crippen LogP contribution in [0, 0.1) is 0 Å². The Morgan fingerprint density at radius 1 is 1.20 bits per heavy atom. The molecule has 3 N–H and O–H groups in total. The molecule has 2 amide bonds. The van der Waals surface area contributed by atoms with Gasteiger partial charge >= 0.3 is 0 Å². The molecular formula is C14H28N4O2. The number of nitrogens with one attached hydrogen (secondary N) is 1. The summed E-state index contributed by atoms with van der Waals surface area (Å²) in [6, 6.07) is 0. The van der Waals surface area contributed by atoms with Gasteiger partial charge in [-0.2, -0.15) is 0 Å². The third-order valence-corrected chi connectivity index (χ3v) is 3.27. The number of carbonyl (C=O) groups excluding carboxylic acids is 2. The van der Waals surface area contributed by atoms with Gasteiger partial charge in [-0.3, -0.25) is 14.5 Å². The minimum Gasteiger partial charge on any atom is -0.355 e. The Hall–Kier alpha value is -1.14. The number of hydrogen-bond donors (Lipinski definition) is 2. The summed E-state index contributed by atoms with van der Waals surface area (Å²) in [6.45, 7) is 9.74. The molecule has 6 heteroatoms. The van der Waals surface area contributed by atoms with E-state index in [9.17, 15) is 9.59 Å². The van der Waals surface area contributed by atoms with E-state index in [1.165, 1.54) is 0 Å². The quantitative estimate of drug-likeness (QED) is 0.707. The van der Waals surface area contributed by atoms with Crippen molar-refractivity contribution in [2.75, 3.05) is 39.3 Å². The summed E-state index contributed by atoms with van der Waals surface area (Å²) in [5.41, 5.74) is 5.41. The van der Waals surface area contributed by atoms with Gasteiger partial charge in [-0.05, 0) is 20.3 Å². The van der Waals surface area contributed by atoms with E-state index in [1.54, 1.807) is 0 Å². The zero-order chi connectivity index (χ0) is 15.2. The molecule has 1 aliphatic heterocycles. The number of piperazine rings is 1. The average Bonchev–Trinajstić information content (AvgIpc) is 2.35. The molecule has 0 unspecified atom stereocenters. The Labute approximate surface area is 121 Å². The highest BCUT2D eigenvalue weighted by atomic mass is 16.2. The summed E-state index contributed by atoms with van der Waals surface area (Å²) in [5.74, 6) is 0.169. The van der Waals surface area contributed by atoms with Gasteiger partial charge in [-0.25, -0.2) is 0 Å². The molecule has 0 saturated carbocycles. The number of carbonyl (C=O) groups is 2. The Balaban J connectivity index is 2.29. The van der Waals surface area contributed by atoms with E-state index in [0.29, 0.717) is 26.1 Å². The second-order valence-electron chi connectivity index (χ2n) is 6.17. The third-order valence-electron chi connectivity index (χ3n) is 3.27. The molecule has 1 rings (SSSR count). The van der Waals surface area contributed by atoms with Crippen molar-refractivity contribution in [2.45, 2.75) is 39.2 Å². The lowest BCUT2D eigenvalue weighted by atomic mass is 10.0. The van der Waals surface area contributed by atoms with Crippen molar-refractivity contribution in [2.24, 2.45) is 5.73 Å². The minimum absolute atomic E-state index is 0.0646. The van der Waals surface area contributed by atoms with Crippen LogP contribution in [-0.2, 0) is 9.59 Å². The van der Waals surface area contributed by atoms with Crippen LogP contribution in [0.5, 0.6) is 0 Å². The molecule has 1 aliphatic rings. The maximum atomic E-state index is 12.0. The minimum atomic E-state index is -0.464. The van der Waals surface area contributed by atoms with Gasteiger partial charge in [0.25, 0.3) is 0 Å². The summed E-state index contributed by atoms with van der Waals surface area (Å²) < 4.78 is 0. The first-order valence-electron chi connectivity index (χ1n) is 7.37. The Morgan fingerprint density at radius 2 is 1.80 bits per heavy atom. The molecule has 1 saturated heterocycles. The van der Waals surface area contributed by atoms with E-state index in [2.05, 4.69) is 10.2 Å². The Bertz CT molecular complexity index is 331. The van der Waals surface area contributed by atoms with E-state index >= 15 is 0 Å². The monoisotopic (exact) mass is 284 g/mol. The number of nitrogens with two attached hydrogens (primary N) is 1. The molecule has 0 aromatic carbocycles. The highest BCUT2D eigenvalue weighted by molar-refractivity contribution is 5.78. The van der Waals surface area contributed by atoms with Crippen LogP contribution in [-0.4, -0.2) is 66.4 Å². The standard InChI is InChI=1S/C14H28N4O2/c1-4-5-16-12(19)11-17-6-8-18(9-7-17)13(20)10-14(2,3)15/h4-11,15H2,1-3H3,(H,16,19). The van der Waals surface area contributed by atoms with E-state index in [0.717, 1.165) is 26.1 Å². The molecule has 6 nitrogen and oxygen atoms in total. The van der Waals surface area contributed by atoms with E-state index in [4.69, 9.17) is 5.73 Å². The molecule has 0 aliphatic carbocycles. The predicted octanol–water partition coefficient (Wildman–Crippen LogP) is -0.216. The fourth-order valence-electron chi connectivity index (χ4n) is 2.18. The van der Waals surface area contributed by atoms with E-state index < -0.39 is 5.54 Å². The smallest absolute Gasteiger partial charge is 0.234 e. The van der Waals surface area contributed by atoms with Crippen molar-refractivity contribution < 1.29 is 9.59 Å². The van der Waals surface area contributed by atoms with Crippen LogP contribution in [0.3, 0.4) is 0 Å². The molecule has 0 spiro atoms. The van der Waals surface area contributed by atoms with Gasteiger partial charge in [0, 0.05) is 44.7 Å².